The van der Waals surface area contributed by atoms with Gasteiger partial charge in [-0.2, -0.15) is 0 Å². The van der Waals surface area contributed by atoms with Crippen LogP contribution in [0.15, 0.2) is 182 Å². The molecule has 0 N–H and O–H groups in total. The van der Waals surface area contributed by atoms with Gasteiger partial charge in [0.15, 0.2) is 6.10 Å². The second-order valence-corrected chi connectivity index (χ2v) is 18.8. The highest BCUT2D eigenvalue weighted by atomic mass is 16.6. The number of carbonyl (C=O) groups excluding carboxylic acids is 3. The SMILES string of the molecule is CC/C=C\C/C=C\C/C=C\C/C=C\C/C=C\C/C=C\C/C=C\C/C=C\C/C=C\C/C=C\CCCCCCC(=O)OCC(COC(=O)CCCCCCCC)OC(=O)CCC/C=C\C/C=C\C/C=C\C/C=C\C/C=C\CC. The zero-order valence-corrected chi connectivity index (χ0v) is 48.2. The number of hydrogen-bond donors (Lipinski definition) is 0. The normalized spacial score (nSPS) is 13.5. The van der Waals surface area contributed by atoms with Crippen LogP contribution in [0, 0.1) is 0 Å². The van der Waals surface area contributed by atoms with Crippen molar-refractivity contribution in [3.05, 3.63) is 182 Å². The molecule has 6 nitrogen and oxygen atoms in total. The first-order valence-electron chi connectivity index (χ1n) is 29.8. The van der Waals surface area contributed by atoms with E-state index in [0.717, 1.165) is 154 Å². The molecule has 0 aliphatic rings. The minimum atomic E-state index is -0.824. The summed E-state index contributed by atoms with van der Waals surface area (Å²) in [6.07, 6.45) is 93.6. The zero-order chi connectivity index (χ0) is 55.0. The van der Waals surface area contributed by atoms with Crippen LogP contribution in [0.2, 0.25) is 0 Å². The Labute approximate surface area is 465 Å². The summed E-state index contributed by atoms with van der Waals surface area (Å²) in [5, 5.41) is 0. The summed E-state index contributed by atoms with van der Waals surface area (Å²) in [5.41, 5.74) is 0. The minimum absolute atomic E-state index is 0.117. The van der Waals surface area contributed by atoms with Crippen LogP contribution in [0.25, 0.3) is 0 Å². The third-order valence-electron chi connectivity index (χ3n) is 11.7. The molecule has 1 atom stereocenters. The van der Waals surface area contributed by atoms with Crippen LogP contribution < -0.4 is 0 Å². The third-order valence-corrected chi connectivity index (χ3v) is 11.7. The highest BCUT2D eigenvalue weighted by Gasteiger charge is 2.19. The number of esters is 3. The van der Waals surface area contributed by atoms with Crippen molar-refractivity contribution >= 4 is 17.9 Å². The van der Waals surface area contributed by atoms with Crippen LogP contribution in [-0.2, 0) is 28.6 Å². The van der Waals surface area contributed by atoms with E-state index < -0.39 is 6.10 Å². The maximum Gasteiger partial charge on any atom is 0.306 e. The zero-order valence-electron chi connectivity index (χ0n) is 48.2. The van der Waals surface area contributed by atoms with Gasteiger partial charge in [-0.3, -0.25) is 14.4 Å². The Morgan fingerprint density at radius 1 is 0.276 bits per heavy atom. The number of carbonyl (C=O) groups is 3. The minimum Gasteiger partial charge on any atom is -0.462 e. The van der Waals surface area contributed by atoms with Crippen LogP contribution in [0.4, 0.5) is 0 Å². The molecule has 76 heavy (non-hydrogen) atoms. The van der Waals surface area contributed by atoms with Gasteiger partial charge >= 0.3 is 17.9 Å². The van der Waals surface area contributed by atoms with Gasteiger partial charge in [-0.25, -0.2) is 0 Å². The molecule has 0 bridgehead atoms. The van der Waals surface area contributed by atoms with Crippen molar-refractivity contribution in [2.45, 2.75) is 226 Å². The van der Waals surface area contributed by atoms with Crippen molar-refractivity contribution in [1.29, 1.82) is 0 Å². The molecule has 0 saturated heterocycles. The van der Waals surface area contributed by atoms with E-state index in [0.29, 0.717) is 19.3 Å². The predicted molar refractivity (Wildman–Crippen MR) is 329 cm³/mol. The fourth-order valence-electron chi connectivity index (χ4n) is 7.27. The molecular formula is C70H106O6. The van der Waals surface area contributed by atoms with E-state index in [-0.39, 0.29) is 37.5 Å². The predicted octanol–water partition coefficient (Wildman–Crippen LogP) is 20.5. The number of hydrogen-bond acceptors (Lipinski definition) is 6. The van der Waals surface area contributed by atoms with Gasteiger partial charge in [0, 0.05) is 19.3 Å². The largest absolute Gasteiger partial charge is 0.462 e. The second kappa shape index (κ2) is 62.1. The van der Waals surface area contributed by atoms with Crippen molar-refractivity contribution in [3.8, 4) is 0 Å². The molecule has 0 fully saturated rings. The average Bonchev–Trinajstić information content (AvgIpc) is 3.42. The molecule has 1 unspecified atom stereocenters. The molecule has 0 aliphatic carbocycles. The summed E-state index contributed by atoms with van der Waals surface area (Å²) >= 11 is 0. The van der Waals surface area contributed by atoms with Crippen LogP contribution in [0.3, 0.4) is 0 Å². The lowest BCUT2D eigenvalue weighted by Crippen LogP contribution is -2.30. The summed E-state index contributed by atoms with van der Waals surface area (Å²) in [7, 11) is 0. The Morgan fingerprint density at radius 3 is 0.842 bits per heavy atom. The fraction of sp³-hybridized carbons (Fsp3) is 0.529. The van der Waals surface area contributed by atoms with Crippen LogP contribution >= 0.6 is 0 Å². The summed E-state index contributed by atoms with van der Waals surface area (Å²) in [6, 6.07) is 0. The van der Waals surface area contributed by atoms with Gasteiger partial charge < -0.3 is 14.2 Å². The standard InChI is InChI=1S/C70H106O6/c1-4-7-10-13-16-18-20-22-24-26-27-28-29-30-31-32-33-34-35-36-37-38-39-40-41-42-43-45-46-48-50-52-54-57-60-63-69(72)75-66-67(65-74-68(71)62-59-56-15-12-9-6-3)76-70(73)64-61-58-55-53-51-49-47-44-25-23-21-19-17-14-11-8-5-2/h7-8,10-11,16-19,22-25,27-28,30-31,33-34,36-37,39-40,42-43,46-49,53,55,67H,4-6,9,12-15,20-21,26,29,32,35,38,41,44-45,50-52,54,56-66H2,1-3H3/b10-7-,11-8-,18-16-,19-17-,24-22-,25-23-,28-27-,31-30-,34-33-,37-36-,40-39-,43-42-,48-46-,49-47-,55-53-. The summed E-state index contributed by atoms with van der Waals surface area (Å²) in [6.45, 7) is 6.25. The first kappa shape index (κ1) is 70.5. The third kappa shape index (κ3) is 59.4. The van der Waals surface area contributed by atoms with Gasteiger partial charge in [-0.15, -0.1) is 0 Å². The molecule has 0 rings (SSSR count). The monoisotopic (exact) mass is 1040 g/mol. The van der Waals surface area contributed by atoms with Crippen molar-refractivity contribution in [1.82, 2.24) is 0 Å². The lowest BCUT2D eigenvalue weighted by atomic mass is 10.1. The number of rotatable bonds is 51. The van der Waals surface area contributed by atoms with E-state index in [1.165, 1.54) is 19.3 Å². The maximum absolute atomic E-state index is 12.8. The lowest BCUT2D eigenvalue weighted by Gasteiger charge is -2.18. The Bertz CT molecular complexity index is 1820. The fourth-order valence-corrected chi connectivity index (χ4v) is 7.27. The van der Waals surface area contributed by atoms with E-state index in [2.05, 4.69) is 203 Å². The number of unbranched alkanes of at least 4 members (excludes halogenated alkanes) is 10. The Hall–Kier alpha value is -5.49. The van der Waals surface area contributed by atoms with Gasteiger partial charge in [-0.05, 0) is 135 Å². The smallest absolute Gasteiger partial charge is 0.306 e. The highest BCUT2D eigenvalue weighted by Crippen LogP contribution is 2.11. The Balaban J connectivity index is 4.25. The van der Waals surface area contributed by atoms with Crippen LogP contribution in [0.1, 0.15) is 220 Å². The number of ether oxygens (including phenoxy) is 3. The van der Waals surface area contributed by atoms with Gasteiger partial charge in [0.1, 0.15) is 13.2 Å². The van der Waals surface area contributed by atoms with Gasteiger partial charge in [0.25, 0.3) is 0 Å². The van der Waals surface area contributed by atoms with E-state index in [9.17, 15) is 14.4 Å². The summed E-state index contributed by atoms with van der Waals surface area (Å²) < 4.78 is 16.7. The number of allylic oxidation sites excluding steroid dienone is 30. The molecule has 0 aliphatic heterocycles. The van der Waals surface area contributed by atoms with Crippen LogP contribution in [-0.4, -0.2) is 37.2 Å². The molecule has 0 aromatic rings. The Kier molecular flexibility index (Phi) is 57.6. The van der Waals surface area contributed by atoms with Gasteiger partial charge in [-0.1, -0.05) is 248 Å². The lowest BCUT2D eigenvalue weighted by molar-refractivity contribution is -0.167. The highest BCUT2D eigenvalue weighted by molar-refractivity contribution is 5.71. The molecule has 0 amide bonds. The molecule has 6 heteroatoms. The average molecular weight is 1040 g/mol. The van der Waals surface area contributed by atoms with E-state index >= 15 is 0 Å². The van der Waals surface area contributed by atoms with E-state index in [1.807, 2.05) is 0 Å². The topological polar surface area (TPSA) is 78.9 Å². The van der Waals surface area contributed by atoms with Gasteiger partial charge in [0.05, 0.1) is 0 Å². The molecule has 0 heterocycles. The first-order valence-corrected chi connectivity index (χ1v) is 29.8. The van der Waals surface area contributed by atoms with Crippen molar-refractivity contribution in [2.24, 2.45) is 0 Å². The van der Waals surface area contributed by atoms with Crippen LogP contribution in [0.5, 0.6) is 0 Å². The first-order chi connectivity index (χ1) is 37.5. The van der Waals surface area contributed by atoms with Crippen molar-refractivity contribution < 1.29 is 28.6 Å². The maximum atomic E-state index is 12.8. The quantitative estimate of drug-likeness (QED) is 0.0261. The molecular weight excluding hydrogens is 937 g/mol. The molecule has 422 valence electrons. The second-order valence-electron chi connectivity index (χ2n) is 18.8. The van der Waals surface area contributed by atoms with E-state index in [4.69, 9.17) is 14.2 Å². The van der Waals surface area contributed by atoms with Crippen molar-refractivity contribution in [3.63, 3.8) is 0 Å². The van der Waals surface area contributed by atoms with Gasteiger partial charge in [0.2, 0.25) is 0 Å². The molecule has 0 spiro atoms. The molecule has 0 aromatic carbocycles. The molecule has 0 aromatic heterocycles. The van der Waals surface area contributed by atoms with Crippen molar-refractivity contribution in [2.75, 3.05) is 13.2 Å². The Morgan fingerprint density at radius 2 is 0.526 bits per heavy atom. The summed E-state index contributed by atoms with van der Waals surface area (Å²) in [5.74, 6) is -1.03. The molecule has 0 saturated carbocycles. The van der Waals surface area contributed by atoms with E-state index in [1.54, 1.807) is 0 Å². The molecule has 0 radical (unpaired) electrons. The summed E-state index contributed by atoms with van der Waals surface area (Å²) in [4.78, 5) is 37.8.